The van der Waals surface area contributed by atoms with Crippen molar-refractivity contribution in [1.29, 1.82) is 0 Å². The number of rotatable bonds is 2. The number of esters is 2. The molecule has 4 heteroatoms. The van der Waals surface area contributed by atoms with E-state index < -0.39 is 6.10 Å². The van der Waals surface area contributed by atoms with Crippen molar-refractivity contribution in [3.63, 3.8) is 0 Å². The summed E-state index contributed by atoms with van der Waals surface area (Å²) in [7, 11) is 0. The Labute approximate surface area is 88.9 Å². The molecule has 15 heavy (non-hydrogen) atoms. The van der Waals surface area contributed by atoms with E-state index in [-0.39, 0.29) is 29.9 Å². The number of hydrogen-bond donors (Lipinski definition) is 0. The van der Waals surface area contributed by atoms with E-state index in [4.69, 9.17) is 9.47 Å². The standard InChI is InChI=1S/C11H16O4/c1-6(2)10(12)15-9-7-4-3-5-8(7)14-11(9)13/h6-9H,3-5H2,1-2H3. The SMILES string of the molecule is CC(C)C(=O)OC1C(=O)OC2CCCC21. The topological polar surface area (TPSA) is 52.6 Å². The number of carbonyl (C=O) groups is 2. The minimum absolute atomic E-state index is 0.0116. The average molecular weight is 212 g/mol. The van der Waals surface area contributed by atoms with Crippen LogP contribution in [0.5, 0.6) is 0 Å². The zero-order chi connectivity index (χ0) is 11.0. The summed E-state index contributed by atoms with van der Waals surface area (Å²) in [5.41, 5.74) is 0. The van der Waals surface area contributed by atoms with Gasteiger partial charge in [-0.05, 0) is 19.3 Å². The Kier molecular flexibility index (Phi) is 2.67. The number of fused-ring (bicyclic) bond motifs is 1. The first kappa shape index (κ1) is 10.5. The van der Waals surface area contributed by atoms with Gasteiger partial charge in [0.05, 0.1) is 5.92 Å². The first-order valence-corrected chi connectivity index (χ1v) is 5.50. The molecule has 0 spiro atoms. The molecule has 1 aliphatic carbocycles. The van der Waals surface area contributed by atoms with Crippen molar-refractivity contribution in [2.75, 3.05) is 0 Å². The van der Waals surface area contributed by atoms with Crippen LogP contribution in [-0.2, 0) is 19.1 Å². The molecule has 0 amide bonds. The highest BCUT2D eigenvalue weighted by atomic mass is 16.6. The van der Waals surface area contributed by atoms with E-state index in [0.717, 1.165) is 19.3 Å². The van der Waals surface area contributed by atoms with Crippen LogP contribution in [0.1, 0.15) is 33.1 Å². The monoisotopic (exact) mass is 212 g/mol. The van der Waals surface area contributed by atoms with Crippen LogP contribution in [0.2, 0.25) is 0 Å². The maximum Gasteiger partial charge on any atom is 0.348 e. The summed E-state index contributed by atoms with van der Waals surface area (Å²) in [5, 5.41) is 0. The lowest BCUT2D eigenvalue weighted by atomic mass is 10.0. The third kappa shape index (κ3) is 1.85. The Morgan fingerprint density at radius 1 is 1.47 bits per heavy atom. The molecule has 3 unspecified atom stereocenters. The van der Waals surface area contributed by atoms with Crippen molar-refractivity contribution in [3.8, 4) is 0 Å². The van der Waals surface area contributed by atoms with Crippen molar-refractivity contribution >= 4 is 11.9 Å². The summed E-state index contributed by atoms with van der Waals surface area (Å²) >= 11 is 0. The Morgan fingerprint density at radius 3 is 2.87 bits per heavy atom. The molecule has 2 fully saturated rings. The fourth-order valence-electron chi connectivity index (χ4n) is 2.24. The van der Waals surface area contributed by atoms with E-state index in [1.54, 1.807) is 13.8 Å². The van der Waals surface area contributed by atoms with Crippen LogP contribution in [0, 0.1) is 11.8 Å². The van der Waals surface area contributed by atoms with Gasteiger partial charge in [-0.25, -0.2) is 4.79 Å². The van der Waals surface area contributed by atoms with E-state index in [2.05, 4.69) is 0 Å². The van der Waals surface area contributed by atoms with Gasteiger partial charge in [0.2, 0.25) is 6.10 Å². The Balaban J connectivity index is 2.02. The maximum atomic E-state index is 11.4. The van der Waals surface area contributed by atoms with Crippen molar-refractivity contribution in [1.82, 2.24) is 0 Å². The van der Waals surface area contributed by atoms with Gasteiger partial charge in [0, 0.05) is 5.92 Å². The van der Waals surface area contributed by atoms with Crippen LogP contribution in [0.4, 0.5) is 0 Å². The van der Waals surface area contributed by atoms with Crippen LogP contribution in [0.15, 0.2) is 0 Å². The molecular formula is C11H16O4. The summed E-state index contributed by atoms with van der Waals surface area (Å²) in [4.78, 5) is 22.8. The molecule has 0 aromatic heterocycles. The first-order chi connectivity index (χ1) is 7.09. The summed E-state index contributed by atoms with van der Waals surface area (Å²) in [6.07, 6.45) is 2.23. The van der Waals surface area contributed by atoms with E-state index >= 15 is 0 Å². The minimum atomic E-state index is -0.646. The van der Waals surface area contributed by atoms with Crippen LogP contribution >= 0.6 is 0 Å². The lowest BCUT2D eigenvalue weighted by Gasteiger charge is -2.15. The third-order valence-corrected chi connectivity index (χ3v) is 3.11. The largest absolute Gasteiger partial charge is 0.459 e. The van der Waals surface area contributed by atoms with Crippen molar-refractivity contribution in [2.24, 2.45) is 11.8 Å². The lowest BCUT2D eigenvalue weighted by molar-refractivity contribution is -0.164. The summed E-state index contributed by atoms with van der Waals surface area (Å²) in [5.74, 6) is -0.776. The Morgan fingerprint density at radius 2 is 2.20 bits per heavy atom. The first-order valence-electron chi connectivity index (χ1n) is 5.50. The third-order valence-electron chi connectivity index (χ3n) is 3.11. The fourth-order valence-corrected chi connectivity index (χ4v) is 2.24. The van der Waals surface area contributed by atoms with Gasteiger partial charge in [0.1, 0.15) is 6.10 Å². The Bertz CT molecular complexity index is 284. The molecule has 3 atom stereocenters. The molecule has 0 aromatic carbocycles. The summed E-state index contributed by atoms with van der Waals surface area (Å²) in [6.45, 7) is 3.52. The highest BCUT2D eigenvalue weighted by Crippen LogP contribution is 2.38. The average Bonchev–Trinajstić information content (AvgIpc) is 2.69. The van der Waals surface area contributed by atoms with E-state index in [0.29, 0.717) is 0 Å². The van der Waals surface area contributed by atoms with Gasteiger partial charge in [-0.2, -0.15) is 0 Å². The van der Waals surface area contributed by atoms with Gasteiger partial charge in [0.25, 0.3) is 0 Å². The van der Waals surface area contributed by atoms with Crippen LogP contribution in [-0.4, -0.2) is 24.1 Å². The normalized spacial score (nSPS) is 34.1. The molecule has 1 saturated carbocycles. The quantitative estimate of drug-likeness (QED) is 0.647. The molecular weight excluding hydrogens is 196 g/mol. The van der Waals surface area contributed by atoms with Crippen molar-refractivity contribution in [2.45, 2.75) is 45.3 Å². The van der Waals surface area contributed by atoms with Gasteiger partial charge >= 0.3 is 11.9 Å². The molecule has 2 aliphatic rings. The molecule has 0 radical (unpaired) electrons. The van der Waals surface area contributed by atoms with E-state index in [1.807, 2.05) is 0 Å². The second-order valence-electron chi connectivity index (χ2n) is 4.58. The number of hydrogen-bond acceptors (Lipinski definition) is 4. The minimum Gasteiger partial charge on any atom is -0.459 e. The second-order valence-corrected chi connectivity index (χ2v) is 4.58. The molecule has 0 aromatic rings. The molecule has 0 bridgehead atoms. The highest BCUT2D eigenvalue weighted by Gasteiger charge is 2.49. The van der Waals surface area contributed by atoms with Gasteiger partial charge in [-0.3, -0.25) is 4.79 Å². The number of carbonyl (C=O) groups excluding carboxylic acids is 2. The molecule has 84 valence electrons. The Hall–Kier alpha value is -1.06. The van der Waals surface area contributed by atoms with Crippen LogP contribution in [0.3, 0.4) is 0 Å². The molecule has 0 N–H and O–H groups in total. The smallest absolute Gasteiger partial charge is 0.348 e. The van der Waals surface area contributed by atoms with E-state index in [9.17, 15) is 9.59 Å². The summed E-state index contributed by atoms with van der Waals surface area (Å²) < 4.78 is 10.3. The van der Waals surface area contributed by atoms with Crippen LogP contribution < -0.4 is 0 Å². The fraction of sp³-hybridized carbons (Fsp3) is 0.818. The van der Waals surface area contributed by atoms with E-state index in [1.165, 1.54) is 0 Å². The van der Waals surface area contributed by atoms with Gasteiger partial charge in [0.15, 0.2) is 0 Å². The van der Waals surface area contributed by atoms with Gasteiger partial charge < -0.3 is 9.47 Å². The maximum absolute atomic E-state index is 11.4. The predicted octanol–water partition coefficient (Wildman–Crippen LogP) is 1.28. The molecule has 1 aliphatic heterocycles. The van der Waals surface area contributed by atoms with Gasteiger partial charge in [-0.1, -0.05) is 13.8 Å². The molecule has 2 rings (SSSR count). The van der Waals surface area contributed by atoms with Crippen molar-refractivity contribution in [3.05, 3.63) is 0 Å². The van der Waals surface area contributed by atoms with Crippen molar-refractivity contribution < 1.29 is 19.1 Å². The molecule has 4 nitrogen and oxygen atoms in total. The molecule has 1 saturated heterocycles. The second kappa shape index (κ2) is 3.83. The number of ether oxygens (including phenoxy) is 2. The van der Waals surface area contributed by atoms with Crippen LogP contribution in [0.25, 0.3) is 0 Å². The zero-order valence-corrected chi connectivity index (χ0v) is 9.06. The zero-order valence-electron chi connectivity index (χ0n) is 9.06. The summed E-state index contributed by atoms with van der Waals surface area (Å²) in [6, 6.07) is 0. The van der Waals surface area contributed by atoms with Gasteiger partial charge in [-0.15, -0.1) is 0 Å². The lowest BCUT2D eigenvalue weighted by Crippen LogP contribution is -2.30. The molecule has 1 heterocycles. The predicted molar refractivity (Wildman–Crippen MR) is 51.9 cm³/mol. The highest BCUT2D eigenvalue weighted by molar-refractivity contribution is 5.82.